The monoisotopic (exact) mass is 100.0 g/mol. The lowest BCUT2D eigenvalue weighted by Crippen LogP contribution is -1.51. The summed E-state index contributed by atoms with van der Waals surface area (Å²) in [6, 6.07) is 0. The van der Waals surface area contributed by atoms with Gasteiger partial charge in [0.2, 0.25) is 0 Å². The molecule has 0 aromatic carbocycles. The van der Waals surface area contributed by atoms with Crippen LogP contribution in [0, 0.1) is 0 Å². The molecule has 4 heteroatoms. The normalized spacial score (nSPS) is 11.3. The lowest BCUT2D eigenvalue weighted by molar-refractivity contribution is 0.661. The van der Waals surface area contributed by atoms with E-state index in [-0.39, 0.29) is 0 Å². The van der Waals surface area contributed by atoms with Crippen molar-refractivity contribution in [2.24, 2.45) is 0 Å². The van der Waals surface area contributed by atoms with E-state index < -0.39 is 0 Å². The van der Waals surface area contributed by atoms with Gasteiger partial charge in [0.15, 0.2) is 0 Å². The summed E-state index contributed by atoms with van der Waals surface area (Å²) < 4.78 is 4.71. The molecule has 0 aliphatic carbocycles. The molecule has 0 unspecified atom stereocenters. The maximum absolute atomic E-state index is 4.71. The number of hydrogen-bond acceptors (Lipinski definition) is 4. The first-order chi connectivity index (χ1) is 2.95. The van der Waals surface area contributed by atoms with E-state index >= 15 is 0 Å². The minimum absolute atomic E-state index is 0.685. The molecule has 0 aliphatic rings. The molecule has 0 fully saturated rings. The van der Waals surface area contributed by atoms with Crippen LogP contribution in [0.1, 0.15) is 0 Å². The van der Waals surface area contributed by atoms with Crippen molar-refractivity contribution in [3.8, 4) is 0 Å². The van der Waals surface area contributed by atoms with Crippen LogP contribution in [0.15, 0.2) is 4.42 Å². The highest BCUT2D eigenvalue weighted by Crippen LogP contribution is 2.19. The zero-order chi connectivity index (χ0) is 3.98. The summed E-state index contributed by atoms with van der Waals surface area (Å²) in [4.78, 5) is 0. The van der Waals surface area contributed by atoms with Crippen LogP contribution < -0.4 is 0 Å². The highest BCUT2D eigenvalue weighted by atomic mass is 32.1. The number of hydrogen-bond donors (Lipinski definition) is 0. The molecule has 0 atom stereocenters. The second-order valence-electron chi connectivity index (χ2n) is 0.936. The zero-order valence-electron chi connectivity index (χ0n) is 2.71. The summed E-state index contributed by atoms with van der Waals surface area (Å²) in [7, 11) is 0. The van der Waals surface area contributed by atoms with Gasteiger partial charge in [0, 0.05) is 0 Å². The first kappa shape index (κ1) is 2.52. The second-order valence-corrected chi connectivity index (χ2v) is 1.84. The van der Waals surface area contributed by atoms with Crippen LogP contribution in [0.3, 0.4) is 0 Å². The Labute approximate surface area is 36.9 Å². The fourth-order valence-corrected chi connectivity index (χ4v) is 0.757. The molecule has 3 aromatic rings. The third-order valence-corrected chi connectivity index (χ3v) is 1.24. The van der Waals surface area contributed by atoms with E-state index in [2.05, 4.69) is 10.2 Å². The van der Waals surface area contributed by atoms with Gasteiger partial charge in [0.05, 0.1) is 0 Å². The molecule has 3 rings (SSSR count). The summed E-state index contributed by atoms with van der Waals surface area (Å²) in [5.41, 5.74) is 0. The van der Waals surface area contributed by atoms with Gasteiger partial charge in [-0.25, -0.2) is 0 Å². The molecule has 3 heterocycles. The van der Waals surface area contributed by atoms with E-state index in [1.165, 1.54) is 11.3 Å². The highest BCUT2D eigenvalue weighted by molar-refractivity contribution is 7.22. The zero-order valence-corrected chi connectivity index (χ0v) is 3.53. The number of aromatic nitrogens is 2. The molecule has 3 nitrogen and oxygen atoms in total. The van der Waals surface area contributed by atoms with Crippen LogP contribution in [0.25, 0.3) is 10.1 Å². The van der Waals surface area contributed by atoms with E-state index in [4.69, 9.17) is 4.42 Å². The van der Waals surface area contributed by atoms with E-state index in [0.717, 1.165) is 0 Å². The predicted molar refractivity (Wildman–Crippen MR) is 20.9 cm³/mol. The van der Waals surface area contributed by atoms with Crippen molar-refractivity contribution in [2.75, 3.05) is 0 Å². The first-order valence-corrected chi connectivity index (χ1v) is 2.28. The van der Waals surface area contributed by atoms with Gasteiger partial charge in [-0.1, -0.05) is 10.2 Å². The fraction of sp³-hybridized carbons (Fsp3) is 0. The Morgan fingerprint density at radius 1 is 1.33 bits per heavy atom. The summed E-state index contributed by atoms with van der Waals surface area (Å²) in [5.74, 6) is 0. The van der Waals surface area contributed by atoms with Gasteiger partial charge >= 0.3 is 10.1 Å². The standard InChI is InChI=1S/C2N2OS/c3-1-5-2(4-3)6-1. The molecule has 0 spiro atoms. The van der Waals surface area contributed by atoms with Crippen molar-refractivity contribution in [3.05, 3.63) is 0 Å². The molecule has 0 aliphatic heterocycles. The van der Waals surface area contributed by atoms with Gasteiger partial charge in [-0.3, -0.25) is 0 Å². The molecule has 3 aromatic heterocycles. The Balaban J connectivity index is 3.24. The van der Waals surface area contributed by atoms with E-state index in [1.54, 1.807) is 0 Å². The van der Waals surface area contributed by atoms with Gasteiger partial charge in [0.25, 0.3) is 0 Å². The molecule has 0 N–H and O–H groups in total. The molecular formula is C2N2OS. The van der Waals surface area contributed by atoms with E-state index in [1.807, 2.05) is 0 Å². The van der Waals surface area contributed by atoms with Gasteiger partial charge in [-0.15, -0.1) is 0 Å². The molecule has 0 saturated heterocycles. The van der Waals surface area contributed by atoms with Gasteiger partial charge in [-0.05, 0) is 11.3 Å². The minimum Gasteiger partial charge on any atom is -0.400 e. The lowest BCUT2D eigenvalue weighted by atomic mass is 11.5. The van der Waals surface area contributed by atoms with E-state index in [0.29, 0.717) is 10.1 Å². The number of rotatable bonds is 0. The molecule has 6 heavy (non-hydrogen) atoms. The van der Waals surface area contributed by atoms with Gasteiger partial charge < -0.3 is 4.42 Å². The second kappa shape index (κ2) is 0.562. The van der Waals surface area contributed by atoms with Crippen LogP contribution >= 0.6 is 11.3 Å². The largest absolute Gasteiger partial charge is 0.400 e. The summed E-state index contributed by atoms with van der Waals surface area (Å²) in [6.07, 6.45) is 0. The third-order valence-electron chi connectivity index (χ3n) is 0.563. The van der Waals surface area contributed by atoms with Crippen LogP contribution in [-0.4, -0.2) is 10.2 Å². The van der Waals surface area contributed by atoms with Crippen molar-refractivity contribution < 1.29 is 4.42 Å². The maximum Gasteiger partial charge on any atom is 0.304 e. The number of fused-ring (bicyclic) bond motifs is 1. The quantitative estimate of drug-likeness (QED) is 0.489. The molecule has 0 radical (unpaired) electrons. The van der Waals surface area contributed by atoms with E-state index in [9.17, 15) is 0 Å². The van der Waals surface area contributed by atoms with Gasteiger partial charge in [0.1, 0.15) is 0 Å². The smallest absolute Gasteiger partial charge is 0.304 e. The Bertz CT molecular complexity index is 173. The Kier molecular flexibility index (Phi) is 0.236. The topological polar surface area (TPSA) is 38.9 Å². The van der Waals surface area contributed by atoms with Gasteiger partial charge in [-0.2, -0.15) is 0 Å². The molecule has 0 saturated carbocycles. The molecular weight excluding hydrogens is 100 g/mol. The van der Waals surface area contributed by atoms with Crippen molar-refractivity contribution in [3.63, 3.8) is 0 Å². The minimum atomic E-state index is 0.685. The fourth-order valence-electron chi connectivity index (χ4n) is 0.320. The summed E-state index contributed by atoms with van der Waals surface area (Å²) >= 11 is 1.47. The van der Waals surface area contributed by atoms with Crippen LogP contribution in [0.4, 0.5) is 0 Å². The van der Waals surface area contributed by atoms with Crippen LogP contribution in [0.5, 0.6) is 0 Å². The van der Waals surface area contributed by atoms with Crippen LogP contribution in [0.2, 0.25) is 0 Å². The van der Waals surface area contributed by atoms with Crippen molar-refractivity contribution in [1.29, 1.82) is 0 Å². The summed E-state index contributed by atoms with van der Waals surface area (Å²) in [5, 5.41) is 8.48. The van der Waals surface area contributed by atoms with Crippen molar-refractivity contribution in [2.45, 2.75) is 0 Å². The van der Waals surface area contributed by atoms with Crippen LogP contribution in [-0.2, 0) is 0 Å². The van der Waals surface area contributed by atoms with Crippen molar-refractivity contribution >= 4 is 21.4 Å². The summed E-state index contributed by atoms with van der Waals surface area (Å²) in [6.45, 7) is 0. The average molecular weight is 100 g/mol. The first-order valence-electron chi connectivity index (χ1n) is 1.46. The Morgan fingerprint density at radius 2 is 1.83 bits per heavy atom. The van der Waals surface area contributed by atoms with Crippen molar-refractivity contribution in [1.82, 2.24) is 10.2 Å². The Morgan fingerprint density at radius 3 is 2.00 bits per heavy atom. The maximum atomic E-state index is 4.71. The molecule has 2 bridgehead atoms. The Hall–Kier alpha value is -0.640. The number of nitrogens with zero attached hydrogens (tertiary/aromatic N) is 2. The lowest BCUT2D eigenvalue weighted by Gasteiger charge is -1.74. The SMILES string of the molecule is n1nc2oc1s2. The third kappa shape index (κ3) is 0.122. The predicted octanol–water partition coefficient (Wildman–Crippen LogP) is 0.722. The molecule has 0 amide bonds. The average Bonchev–Trinajstić information content (AvgIpc) is 1.72. The molecule has 30 valence electrons. The highest BCUT2D eigenvalue weighted by Gasteiger charge is 2.02.